The molecule has 0 spiro atoms. The van der Waals surface area contributed by atoms with Crippen molar-refractivity contribution in [1.82, 2.24) is 9.21 Å². The molecule has 1 heterocycles. The summed E-state index contributed by atoms with van der Waals surface area (Å²) in [6.45, 7) is 3.28. The molecule has 1 aliphatic rings. The van der Waals surface area contributed by atoms with Gasteiger partial charge >= 0.3 is 0 Å². The molecule has 5 nitrogen and oxygen atoms in total. The lowest BCUT2D eigenvalue weighted by atomic mass is 10.1. The minimum absolute atomic E-state index is 0.101. The third kappa shape index (κ3) is 5.05. The van der Waals surface area contributed by atoms with Crippen molar-refractivity contribution >= 4 is 31.9 Å². The van der Waals surface area contributed by atoms with Gasteiger partial charge < -0.3 is 4.90 Å². The van der Waals surface area contributed by atoms with Crippen molar-refractivity contribution in [2.75, 3.05) is 19.6 Å². The van der Waals surface area contributed by atoms with Crippen molar-refractivity contribution in [3.63, 3.8) is 0 Å². The second-order valence-corrected chi connectivity index (χ2v) is 9.90. The van der Waals surface area contributed by atoms with Crippen molar-refractivity contribution in [1.29, 1.82) is 0 Å². The highest BCUT2D eigenvalue weighted by Gasteiger charge is 2.27. The van der Waals surface area contributed by atoms with Gasteiger partial charge in [0, 0.05) is 41.8 Å². The maximum atomic E-state index is 14.1. The number of sulfonamides is 1. The van der Waals surface area contributed by atoms with Crippen LogP contribution in [0.2, 0.25) is 0 Å². The van der Waals surface area contributed by atoms with Gasteiger partial charge in [0.05, 0.1) is 4.90 Å². The summed E-state index contributed by atoms with van der Waals surface area (Å²) in [5, 5.41) is 0. The predicted octanol–water partition coefficient (Wildman–Crippen LogP) is 4.43. The van der Waals surface area contributed by atoms with E-state index in [0.717, 1.165) is 23.7 Å². The molecule has 29 heavy (non-hydrogen) atoms. The van der Waals surface area contributed by atoms with E-state index in [1.165, 1.54) is 27.4 Å². The van der Waals surface area contributed by atoms with E-state index < -0.39 is 10.0 Å². The Balaban J connectivity index is 1.84. The highest BCUT2D eigenvalue weighted by molar-refractivity contribution is 9.10. The van der Waals surface area contributed by atoms with Crippen LogP contribution in [0.25, 0.3) is 0 Å². The Labute approximate surface area is 179 Å². The number of carbonyl (C=O) groups excluding carboxylic acids is 1. The van der Waals surface area contributed by atoms with E-state index in [9.17, 15) is 17.6 Å². The summed E-state index contributed by atoms with van der Waals surface area (Å²) in [5.74, 6) is -0.719. The maximum absolute atomic E-state index is 14.1. The van der Waals surface area contributed by atoms with Gasteiger partial charge in [-0.3, -0.25) is 4.79 Å². The fourth-order valence-corrected chi connectivity index (χ4v) is 5.40. The summed E-state index contributed by atoms with van der Waals surface area (Å²) >= 11 is 3.32. The lowest BCUT2D eigenvalue weighted by molar-refractivity contribution is 0.0751. The third-order valence-corrected chi connectivity index (χ3v) is 7.46. The fourth-order valence-electron chi connectivity index (χ4n) is 3.42. The Morgan fingerprint density at radius 3 is 2.55 bits per heavy atom. The zero-order valence-corrected chi connectivity index (χ0v) is 18.7. The largest absolute Gasteiger partial charge is 0.334 e. The van der Waals surface area contributed by atoms with Crippen molar-refractivity contribution in [3.05, 3.63) is 63.9 Å². The second-order valence-electron chi connectivity index (χ2n) is 7.05. The summed E-state index contributed by atoms with van der Waals surface area (Å²) in [6.07, 6.45) is 2.72. The number of benzene rings is 2. The molecule has 3 rings (SSSR count). The minimum atomic E-state index is -3.63. The van der Waals surface area contributed by atoms with Crippen molar-refractivity contribution < 1.29 is 17.6 Å². The Morgan fingerprint density at radius 2 is 1.86 bits per heavy atom. The molecule has 2 aromatic rings. The first-order valence-corrected chi connectivity index (χ1v) is 11.9. The van der Waals surface area contributed by atoms with Crippen LogP contribution in [-0.2, 0) is 16.6 Å². The molecule has 1 amide bonds. The fraction of sp³-hybridized carbons (Fsp3) is 0.381. The van der Waals surface area contributed by atoms with E-state index in [-0.39, 0.29) is 28.7 Å². The van der Waals surface area contributed by atoms with Crippen LogP contribution in [0.3, 0.4) is 0 Å². The Bertz CT molecular complexity index is 991. The van der Waals surface area contributed by atoms with Crippen molar-refractivity contribution in [2.24, 2.45) is 0 Å². The van der Waals surface area contributed by atoms with Crippen molar-refractivity contribution in [2.45, 2.75) is 37.6 Å². The molecular weight excluding hydrogens is 459 g/mol. The maximum Gasteiger partial charge on any atom is 0.254 e. The Hall–Kier alpha value is -1.77. The SMILES string of the molecule is CCN(Cc1cc(Br)ccc1F)C(=O)c1cccc(S(=O)(=O)N2CCCCC2)c1. The first-order valence-electron chi connectivity index (χ1n) is 9.66. The van der Waals surface area contributed by atoms with Crippen molar-refractivity contribution in [3.8, 4) is 0 Å². The number of rotatable bonds is 6. The molecule has 0 unspecified atom stereocenters. The molecule has 1 saturated heterocycles. The van der Waals surface area contributed by atoms with Gasteiger partial charge in [0.1, 0.15) is 5.82 Å². The van der Waals surface area contributed by atoms with Crippen LogP contribution in [0.4, 0.5) is 4.39 Å². The van der Waals surface area contributed by atoms with Crippen LogP contribution >= 0.6 is 15.9 Å². The van der Waals surface area contributed by atoms with Crippen LogP contribution in [-0.4, -0.2) is 43.2 Å². The zero-order chi connectivity index (χ0) is 21.0. The minimum Gasteiger partial charge on any atom is -0.334 e. The van der Waals surface area contributed by atoms with Crippen LogP contribution in [0.5, 0.6) is 0 Å². The summed E-state index contributed by atoms with van der Waals surface area (Å²) in [4.78, 5) is 14.6. The molecule has 2 aromatic carbocycles. The van der Waals surface area contributed by atoms with Crippen LogP contribution in [0.15, 0.2) is 51.8 Å². The molecule has 0 aliphatic carbocycles. The summed E-state index contributed by atoms with van der Waals surface area (Å²) in [7, 11) is -3.63. The lowest BCUT2D eigenvalue weighted by Crippen LogP contribution is -2.36. The second kappa shape index (κ2) is 9.36. The smallest absolute Gasteiger partial charge is 0.254 e. The van der Waals surface area contributed by atoms with Gasteiger partial charge in [-0.05, 0) is 56.2 Å². The molecule has 0 bridgehead atoms. The standard InChI is InChI=1S/C21H24BrFN2O3S/c1-2-24(15-17-13-18(22)9-10-20(17)23)21(26)16-7-6-8-19(14-16)29(27,28)25-11-4-3-5-12-25/h6-10,13-14H,2-5,11-12,15H2,1H3. The van der Waals surface area contributed by atoms with E-state index in [4.69, 9.17) is 0 Å². The van der Waals surface area contributed by atoms with E-state index >= 15 is 0 Å². The van der Waals surface area contributed by atoms with Gasteiger partial charge in [0.15, 0.2) is 0 Å². The number of piperidine rings is 1. The van der Waals surface area contributed by atoms with Crippen LogP contribution in [0.1, 0.15) is 42.1 Å². The first-order chi connectivity index (χ1) is 13.8. The first kappa shape index (κ1) is 21.9. The average molecular weight is 483 g/mol. The number of hydrogen-bond donors (Lipinski definition) is 0. The zero-order valence-electron chi connectivity index (χ0n) is 16.3. The normalized spacial score (nSPS) is 15.3. The van der Waals surface area contributed by atoms with Crippen LogP contribution in [0, 0.1) is 5.82 Å². The number of amides is 1. The predicted molar refractivity (Wildman–Crippen MR) is 114 cm³/mol. The summed E-state index contributed by atoms with van der Waals surface area (Å²) in [6, 6.07) is 10.7. The van der Waals surface area contributed by atoms with Gasteiger partial charge in [-0.1, -0.05) is 28.4 Å². The molecule has 0 atom stereocenters. The molecule has 1 aliphatic heterocycles. The van der Waals surface area contributed by atoms with Gasteiger partial charge in [-0.25, -0.2) is 12.8 Å². The molecule has 156 valence electrons. The third-order valence-electron chi connectivity index (χ3n) is 5.07. The number of halogens is 2. The van der Waals surface area contributed by atoms with Gasteiger partial charge in [0.2, 0.25) is 10.0 Å². The van der Waals surface area contributed by atoms with E-state index in [2.05, 4.69) is 15.9 Å². The Morgan fingerprint density at radius 1 is 1.14 bits per heavy atom. The van der Waals surface area contributed by atoms with E-state index in [0.29, 0.717) is 25.2 Å². The molecular formula is C21H24BrFN2O3S. The molecule has 8 heteroatoms. The average Bonchev–Trinajstić information content (AvgIpc) is 2.74. The van der Waals surface area contributed by atoms with E-state index in [1.807, 2.05) is 6.92 Å². The monoisotopic (exact) mass is 482 g/mol. The quantitative estimate of drug-likeness (QED) is 0.611. The molecule has 0 saturated carbocycles. The number of carbonyl (C=O) groups is 1. The number of hydrogen-bond acceptors (Lipinski definition) is 3. The van der Waals surface area contributed by atoms with E-state index in [1.54, 1.807) is 24.3 Å². The molecule has 0 N–H and O–H groups in total. The molecule has 1 fully saturated rings. The van der Waals surface area contributed by atoms with Gasteiger partial charge in [-0.15, -0.1) is 0 Å². The Kier molecular flexibility index (Phi) is 7.08. The summed E-state index contributed by atoms with van der Waals surface area (Å²) in [5.41, 5.74) is 0.673. The number of nitrogens with zero attached hydrogens (tertiary/aromatic N) is 2. The topological polar surface area (TPSA) is 57.7 Å². The summed E-state index contributed by atoms with van der Waals surface area (Å²) < 4.78 is 42.2. The van der Waals surface area contributed by atoms with Gasteiger partial charge in [-0.2, -0.15) is 4.31 Å². The van der Waals surface area contributed by atoms with Crippen LogP contribution < -0.4 is 0 Å². The lowest BCUT2D eigenvalue weighted by Gasteiger charge is -2.26. The highest BCUT2D eigenvalue weighted by Crippen LogP contribution is 2.23. The van der Waals surface area contributed by atoms with Gasteiger partial charge in [0.25, 0.3) is 5.91 Å². The molecule has 0 radical (unpaired) electrons. The highest BCUT2D eigenvalue weighted by atomic mass is 79.9. The molecule has 0 aromatic heterocycles.